The van der Waals surface area contributed by atoms with E-state index in [1.165, 1.54) is 18.2 Å². The maximum Gasteiger partial charge on any atom is 0.387 e. The van der Waals surface area contributed by atoms with Crippen LogP contribution in [0.2, 0.25) is 0 Å². The SMILES string of the molecule is OC(Cc1cc(F)cc(F)c1)c1ccccc1OC(F)F. The Kier molecular flexibility index (Phi) is 4.80. The molecule has 1 N–H and O–H groups in total. The molecule has 6 heteroatoms. The van der Waals surface area contributed by atoms with Gasteiger partial charge in [-0.05, 0) is 23.8 Å². The van der Waals surface area contributed by atoms with Gasteiger partial charge in [0.15, 0.2) is 0 Å². The molecule has 112 valence electrons. The predicted molar refractivity (Wildman–Crippen MR) is 68.1 cm³/mol. The molecule has 0 aliphatic rings. The van der Waals surface area contributed by atoms with Crippen LogP contribution in [0.3, 0.4) is 0 Å². The highest BCUT2D eigenvalue weighted by molar-refractivity contribution is 5.36. The lowest BCUT2D eigenvalue weighted by Gasteiger charge is -2.16. The normalized spacial score (nSPS) is 12.5. The Bertz CT molecular complexity index is 596. The van der Waals surface area contributed by atoms with Crippen LogP contribution in [0.25, 0.3) is 0 Å². The summed E-state index contributed by atoms with van der Waals surface area (Å²) < 4.78 is 55.1. The van der Waals surface area contributed by atoms with Crippen LogP contribution in [0.4, 0.5) is 17.6 Å². The van der Waals surface area contributed by atoms with Gasteiger partial charge in [0.1, 0.15) is 17.4 Å². The number of halogens is 4. The summed E-state index contributed by atoms with van der Waals surface area (Å²) in [5, 5.41) is 10.1. The van der Waals surface area contributed by atoms with Crippen molar-refractivity contribution >= 4 is 0 Å². The number of aliphatic hydroxyl groups is 1. The van der Waals surface area contributed by atoms with Crippen LogP contribution in [-0.2, 0) is 6.42 Å². The average Bonchev–Trinajstić information content (AvgIpc) is 2.37. The van der Waals surface area contributed by atoms with Crippen LogP contribution in [0.15, 0.2) is 42.5 Å². The third-order valence-electron chi connectivity index (χ3n) is 2.85. The third-order valence-corrected chi connectivity index (χ3v) is 2.85. The quantitative estimate of drug-likeness (QED) is 0.850. The standard InChI is InChI=1S/C15H12F4O2/c16-10-5-9(6-11(17)8-10)7-13(20)12-3-1-2-4-14(12)21-15(18)19/h1-6,8,13,15,20H,7H2. The molecule has 0 spiro atoms. The molecule has 2 nitrogen and oxygen atoms in total. The van der Waals surface area contributed by atoms with Crippen LogP contribution in [0.5, 0.6) is 5.75 Å². The van der Waals surface area contributed by atoms with Crippen molar-refractivity contribution in [2.75, 3.05) is 0 Å². The highest BCUT2D eigenvalue weighted by Gasteiger charge is 2.17. The van der Waals surface area contributed by atoms with Crippen molar-refractivity contribution < 1.29 is 27.4 Å². The van der Waals surface area contributed by atoms with Crippen LogP contribution in [-0.4, -0.2) is 11.7 Å². The smallest absolute Gasteiger partial charge is 0.387 e. The van der Waals surface area contributed by atoms with Crippen molar-refractivity contribution in [3.63, 3.8) is 0 Å². The summed E-state index contributed by atoms with van der Waals surface area (Å²) >= 11 is 0. The fourth-order valence-corrected chi connectivity index (χ4v) is 2.02. The van der Waals surface area contributed by atoms with Gasteiger partial charge >= 0.3 is 6.61 Å². The first kappa shape index (κ1) is 15.3. The van der Waals surface area contributed by atoms with Crippen molar-refractivity contribution in [3.05, 3.63) is 65.2 Å². The zero-order chi connectivity index (χ0) is 15.4. The van der Waals surface area contributed by atoms with Gasteiger partial charge in [-0.2, -0.15) is 8.78 Å². The first-order chi connectivity index (χ1) is 9.95. The first-order valence-corrected chi connectivity index (χ1v) is 6.12. The molecule has 0 heterocycles. The highest BCUT2D eigenvalue weighted by atomic mass is 19.3. The van der Waals surface area contributed by atoms with Gasteiger partial charge in [0.2, 0.25) is 0 Å². The molecule has 2 rings (SSSR count). The number of alkyl halides is 2. The van der Waals surface area contributed by atoms with E-state index >= 15 is 0 Å². The van der Waals surface area contributed by atoms with Gasteiger partial charge in [0.25, 0.3) is 0 Å². The van der Waals surface area contributed by atoms with Crippen LogP contribution in [0, 0.1) is 11.6 Å². The summed E-state index contributed by atoms with van der Waals surface area (Å²) in [4.78, 5) is 0. The molecule has 0 saturated carbocycles. The summed E-state index contributed by atoms with van der Waals surface area (Å²) in [5.41, 5.74) is 0.342. The molecule has 0 aliphatic heterocycles. The summed E-state index contributed by atoms with van der Waals surface area (Å²) in [6.07, 6.45) is -1.35. The number of hydrogen-bond acceptors (Lipinski definition) is 2. The predicted octanol–water partition coefficient (Wildman–Crippen LogP) is 3.84. The van der Waals surface area contributed by atoms with Gasteiger partial charge in [0, 0.05) is 18.1 Å². The van der Waals surface area contributed by atoms with Gasteiger partial charge in [0.05, 0.1) is 6.10 Å². The number of aliphatic hydroxyl groups excluding tert-OH is 1. The summed E-state index contributed by atoms with van der Waals surface area (Å²) in [6.45, 7) is -3.02. The largest absolute Gasteiger partial charge is 0.434 e. The molecule has 2 aromatic rings. The van der Waals surface area contributed by atoms with Gasteiger partial charge < -0.3 is 9.84 Å². The maximum absolute atomic E-state index is 13.1. The van der Waals surface area contributed by atoms with Gasteiger partial charge in [-0.3, -0.25) is 0 Å². The fourth-order valence-electron chi connectivity index (χ4n) is 2.02. The Morgan fingerprint density at radius 3 is 2.24 bits per heavy atom. The topological polar surface area (TPSA) is 29.5 Å². The van der Waals surface area contributed by atoms with E-state index in [-0.39, 0.29) is 23.3 Å². The lowest BCUT2D eigenvalue weighted by molar-refractivity contribution is -0.0515. The van der Waals surface area contributed by atoms with Gasteiger partial charge in [-0.25, -0.2) is 8.78 Å². The molecule has 21 heavy (non-hydrogen) atoms. The second-order valence-corrected chi connectivity index (χ2v) is 4.41. The fraction of sp³-hybridized carbons (Fsp3) is 0.200. The minimum absolute atomic E-state index is 0.127. The first-order valence-electron chi connectivity index (χ1n) is 6.12. The lowest BCUT2D eigenvalue weighted by atomic mass is 10.0. The van der Waals surface area contributed by atoms with E-state index in [1.54, 1.807) is 6.07 Å². The van der Waals surface area contributed by atoms with E-state index in [1.807, 2.05) is 0 Å². The van der Waals surface area contributed by atoms with Crippen molar-refractivity contribution in [1.29, 1.82) is 0 Å². The van der Waals surface area contributed by atoms with Crippen molar-refractivity contribution in [2.45, 2.75) is 19.1 Å². The van der Waals surface area contributed by atoms with Crippen LogP contribution < -0.4 is 4.74 Å². The van der Waals surface area contributed by atoms with E-state index in [0.717, 1.165) is 12.1 Å². The number of ether oxygens (including phenoxy) is 1. The second kappa shape index (κ2) is 6.58. The van der Waals surface area contributed by atoms with E-state index < -0.39 is 24.3 Å². The molecule has 0 bridgehead atoms. The number of rotatable bonds is 5. The van der Waals surface area contributed by atoms with Crippen molar-refractivity contribution in [3.8, 4) is 5.75 Å². The molecule has 0 radical (unpaired) electrons. The Morgan fingerprint density at radius 1 is 1.00 bits per heavy atom. The molecular weight excluding hydrogens is 288 g/mol. The molecule has 0 saturated heterocycles. The maximum atomic E-state index is 13.1. The Morgan fingerprint density at radius 2 is 1.62 bits per heavy atom. The van der Waals surface area contributed by atoms with Gasteiger partial charge in [-0.1, -0.05) is 18.2 Å². The monoisotopic (exact) mass is 300 g/mol. The molecule has 0 fully saturated rings. The Labute approximate surface area is 118 Å². The lowest BCUT2D eigenvalue weighted by Crippen LogP contribution is -2.09. The molecule has 0 amide bonds. The summed E-state index contributed by atoms with van der Waals surface area (Å²) in [6, 6.07) is 8.59. The number of benzene rings is 2. The van der Waals surface area contributed by atoms with Crippen molar-refractivity contribution in [2.24, 2.45) is 0 Å². The summed E-state index contributed by atoms with van der Waals surface area (Å²) in [7, 11) is 0. The summed E-state index contributed by atoms with van der Waals surface area (Å²) in [5.74, 6) is -1.71. The molecule has 0 aliphatic carbocycles. The molecule has 1 atom stereocenters. The van der Waals surface area contributed by atoms with Crippen LogP contribution in [0.1, 0.15) is 17.2 Å². The zero-order valence-electron chi connectivity index (χ0n) is 10.8. The van der Waals surface area contributed by atoms with Crippen molar-refractivity contribution in [1.82, 2.24) is 0 Å². The number of para-hydroxylation sites is 1. The molecule has 0 aromatic heterocycles. The molecule has 2 aromatic carbocycles. The second-order valence-electron chi connectivity index (χ2n) is 4.41. The van der Waals surface area contributed by atoms with E-state index in [4.69, 9.17) is 0 Å². The number of hydrogen-bond donors (Lipinski definition) is 1. The van der Waals surface area contributed by atoms with E-state index in [2.05, 4.69) is 4.74 Å². The van der Waals surface area contributed by atoms with E-state index in [9.17, 15) is 22.7 Å². The Hall–Kier alpha value is -2.08. The van der Waals surface area contributed by atoms with Crippen LogP contribution >= 0.6 is 0 Å². The molecule has 1 unspecified atom stereocenters. The average molecular weight is 300 g/mol. The third kappa shape index (κ3) is 4.19. The zero-order valence-corrected chi connectivity index (χ0v) is 10.8. The highest BCUT2D eigenvalue weighted by Crippen LogP contribution is 2.29. The van der Waals surface area contributed by atoms with E-state index in [0.29, 0.717) is 6.07 Å². The minimum Gasteiger partial charge on any atom is -0.434 e. The van der Waals surface area contributed by atoms with Gasteiger partial charge in [-0.15, -0.1) is 0 Å². The molecular formula is C15H12F4O2. The Balaban J connectivity index is 2.22. The minimum atomic E-state index is -3.02.